The molecule has 118 valence electrons. The van der Waals surface area contributed by atoms with Crippen LogP contribution in [0.2, 0.25) is 0 Å². The molecule has 0 radical (unpaired) electrons. The minimum atomic E-state index is 0.545. The summed E-state index contributed by atoms with van der Waals surface area (Å²) in [5, 5.41) is 17.0. The van der Waals surface area contributed by atoms with Crippen LogP contribution < -0.4 is 21.7 Å². The Bertz CT molecular complexity index is 260. The van der Waals surface area contributed by atoms with Crippen molar-refractivity contribution < 1.29 is 0 Å². The van der Waals surface area contributed by atoms with Crippen molar-refractivity contribution in [2.75, 3.05) is 39.3 Å². The number of nitrogens with one attached hydrogen (secondary N) is 4. The highest BCUT2D eigenvalue weighted by Crippen LogP contribution is 1.86. The van der Waals surface area contributed by atoms with Crippen LogP contribution in [-0.2, 0) is 0 Å². The molecular formula is C14H32N6. The maximum absolute atomic E-state index is 7.22. The zero-order valence-corrected chi connectivity index (χ0v) is 13.1. The Balaban J connectivity index is 3.03. The second-order valence-corrected chi connectivity index (χ2v) is 4.99. The number of amidine groups is 2. The summed E-state index contributed by atoms with van der Waals surface area (Å²) < 4.78 is 0. The van der Waals surface area contributed by atoms with E-state index in [1.54, 1.807) is 6.92 Å². The number of nitrogens with zero attached hydrogens (tertiary/aromatic N) is 1. The Hall–Kier alpha value is -1.14. The summed E-state index contributed by atoms with van der Waals surface area (Å²) in [6.07, 6.45) is 4.51. The summed E-state index contributed by atoms with van der Waals surface area (Å²) in [6.45, 7) is 9.47. The molecule has 0 saturated carbocycles. The first-order valence-electron chi connectivity index (χ1n) is 7.60. The molecule has 0 aliphatic carbocycles. The van der Waals surface area contributed by atoms with Gasteiger partial charge in [-0.05, 0) is 65.7 Å². The van der Waals surface area contributed by atoms with Gasteiger partial charge in [-0.2, -0.15) is 0 Å². The van der Waals surface area contributed by atoms with Crippen LogP contribution in [0.25, 0.3) is 0 Å². The van der Waals surface area contributed by atoms with Crippen LogP contribution >= 0.6 is 0 Å². The molecule has 0 amide bonds. The minimum Gasteiger partial charge on any atom is -0.388 e. The van der Waals surface area contributed by atoms with E-state index in [2.05, 4.69) is 20.9 Å². The zero-order chi connectivity index (χ0) is 15.1. The number of aliphatic imine (C=N–C) groups is 1. The van der Waals surface area contributed by atoms with Crippen molar-refractivity contribution in [3.63, 3.8) is 0 Å². The second-order valence-electron chi connectivity index (χ2n) is 4.99. The van der Waals surface area contributed by atoms with Crippen LogP contribution in [0.4, 0.5) is 0 Å². The summed E-state index contributed by atoms with van der Waals surface area (Å²) in [7, 11) is 0. The lowest BCUT2D eigenvalue weighted by atomic mass is 10.3. The van der Waals surface area contributed by atoms with Crippen molar-refractivity contribution in [2.45, 2.75) is 39.5 Å². The fraction of sp³-hybridized carbons (Fsp3) is 0.857. The first kappa shape index (κ1) is 18.9. The lowest BCUT2D eigenvalue weighted by molar-refractivity contribution is 0.567. The van der Waals surface area contributed by atoms with Crippen LogP contribution in [0.1, 0.15) is 39.5 Å². The monoisotopic (exact) mass is 284 g/mol. The third-order valence-electron chi connectivity index (χ3n) is 2.75. The maximum atomic E-state index is 7.22. The number of nitrogens with two attached hydrogens (primary N) is 1. The van der Waals surface area contributed by atoms with E-state index in [0.29, 0.717) is 11.7 Å². The molecule has 0 aromatic heterocycles. The van der Waals surface area contributed by atoms with E-state index in [0.717, 1.165) is 52.1 Å². The summed E-state index contributed by atoms with van der Waals surface area (Å²) in [6, 6.07) is 0. The van der Waals surface area contributed by atoms with Crippen molar-refractivity contribution in [3.8, 4) is 0 Å². The van der Waals surface area contributed by atoms with E-state index in [1.165, 1.54) is 12.8 Å². The van der Waals surface area contributed by atoms with Crippen molar-refractivity contribution in [1.29, 1.82) is 5.41 Å². The highest BCUT2D eigenvalue weighted by Gasteiger charge is 1.91. The van der Waals surface area contributed by atoms with Crippen molar-refractivity contribution >= 4 is 11.7 Å². The van der Waals surface area contributed by atoms with Gasteiger partial charge in [-0.15, -0.1) is 0 Å². The van der Waals surface area contributed by atoms with E-state index < -0.39 is 0 Å². The first-order valence-corrected chi connectivity index (χ1v) is 7.60. The third kappa shape index (κ3) is 16.9. The van der Waals surface area contributed by atoms with Gasteiger partial charge in [-0.25, -0.2) is 0 Å². The quantitative estimate of drug-likeness (QED) is 0.195. The molecule has 0 rings (SSSR count). The van der Waals surface area contributed by atoms with Gasteiger partial charge in [0.25, 0.3) is 0 Å². The highest BCUT2D eigenvalue weighted by molar-refractivity contribution is 5.77. The van der Waals surface area contributed by atoms with E-state index in [1.807, 2.05) is 6.92 Å². The van der Waals surface area contributed by atoms with Gasteiger partial charge in [0.1, 0.15) is 0 Å². The van der Waals surface area contributed by atoms with Gasteiger partial charge in [0, 0.05) is 13.1 Å². The maximum Gasteiger partial charge on any atom is 0.0905 e. The standard InChI is InChI=1S/C14H32N6/c1-13(15)19-11-5-9-17-7-3-4-8-18-10-6-12-20-14(2)16/h17-18H,3-12H2,1-2H3,(H2,15,19)(H2,16,20). The Kier molecular flexibility index (Phi) is 13.5. The van der Waals surface area contributed by atoms with E-state index in [-0.39, 0.29) is 0 Å². The molecular weight excluding hydrogens is 252 g/mol. The average Bonchev–Trinajstić information content (AvgIpc) is 2.38. The van der Waals surface area contributed by atoms with Gasteiger partial charge in [0.15, 0.2) is 0 Å². The average molecular weight is 284 g/mol. The molecule has 6 nitrogen and oxygen atoms in total. The van der Waals surface area contributed by atoms with Crippen molar-refractivity contribution in [1.82, 2.24) is 16.0 Å². The molecule has 6 heteroatoms. The number of unbranched alkanes of at least 4 members (excludes halogenated alkanes) is 1. The molecule has 0 heterocycles. The topological polar surface area (TPSA) is 98.3 Å². The van der Waals surface area contributed by atoms with Crippen LogP contribution in [0.5, 0.6) is 0 Å². The van der Waals surface area contributed by atoms with E-state index in [9.17, 15) is 0 Å². The largest absolute Gasteiger partial charge is 0.388 e. The fourth-order valence-corrected chi connectivity index (χ4v) is 1.70. The lowest BCUT2D eigenvalue weighted by Crippen LogP contribution is -2.25. The molecule has 0 aromatic carbocycles. The molecule has 0 atom stereocenters. The predicted molar refractivity (Wildman–Crippen MR) is 87.8 cm³/mol. The lowest BCUT2D eigenvalue weighted by Gasteiger charge is -2.06. The smallest absolute Gasteiger partial charge is 0.0905 e. The zero-order valence-electron chi connectivity index (χ0n) is 13.1. The second kappa shape index (κ2) is 14.3. The number of hydrogen-bond acceptors (Lipinski definition) is 4. The summed E-state index contributed by atoms with van der Waals surface area (Å²) in [4.78, 5) is 4.14. The normalized spacial score (nSPS) is 11.6. The van der Waals surface area contributed by atoms with Gasteiger partial charge >= 0.3 is 0 Å². The van der Waals surface area contributed by atoms with Crippen molar-refractivity contribution in [3.05, 3.63) is 0 Å². The molecule has 0 aromatic rings. The summed E-state index contributed by atoms with van der Waals surface area (Å²) >= 11 is 0. The minimum absolute atomic E-state index is 0.545. The predicted octanol–water partition coefficient (Wildman–Crippen LogP) is 0.690. The van der Waals surface area contributed by atoms with Gasteiger partial charge in [0.05, 0.1) is 11.7 Å². The Morgan fingerprint density at radius 2 is 1.45 bits per heavy atom. The van der Waals surface area contributed by atoms with Gasteiger partial charge in [0.2, 0.25) is 0 Å². The first-order chi connectivity index (χ1) is 9.63. The van der Waals surface area contributed by atoms with E-state index in [4.69, 9.17) is 11.1 Å². The molecule has 0 aliphatic rings. The Labute approximate surface area is 123 Å². The molecule has 0 spiro atoms. The van der Waals surface area contributed by atoms with Gasteiger partial charge in [-0.3, -0.25) is 10.4 Å². The molecule has 0 bridgehead atoms. The Morgan fingerprint density at radius 1 is 0.900 bits per heavy atom. The van der Waals surface area contributed by atoms with Gasteiger partial charge < -0.3 is 21.7 Å². The SMILES string of the molecule is CC(=N)NCCCNCCCCNCCCN=C(C)N. The summed E-state index contributed by atoms with van der Waals surface area (Å²) in [5.41, 5.74) is 5.45. The van der Waals surface area contributed by atoms with Crippen LogP contribution in [0.15, 0.2) is 4.99 Å². The molecule has 0 saturated heterocycles. The molecule has 20 heavy (non-hydrogen) atoms. The van der Waals surface area contributed by atoms with Crippen LogP contribution in [0.3, 0.4) is 0 Å². The number of hydrogen-bond donors (Lipinski definition) is 5. The molecule has 6 N–H and O–H groups in total. The third-order valence-corrected chi connectivity index (χ3v) is 2.75. The Morgan fingerprint density at radius 3 is 2.00 bits per heavy atom. The van der Waals surface area contributed by atoms with Crippen LogP contribution in [0, 0.1) is 5.41 Å². The molecule has 0 fully saturated rings. The van der Waals surface area contributed by atoms with E-state index >= 15 is 0 Å². The summed E-state index contributed by atoms with van der Waals surface area (Å²) in [5.74, 6) is 1.21. The van der Waals surface area contributed by atoms with Crippen molar-refractivity contribution in [2.24, 2.45) is 10.7 Å². The number of rotatable bonds is 13. The highest BCUT2D eigenvalue weighted by atomic mass is 14.9. The molecule has 0 unspecified atom stereocenters. The fourth-order valence-electron chi connectivity index (χ4n) is 1.70. The van der Waals surface area contributed by atoms with Gasteiger partial charge in [-0.1, -0.05) is 0 Å². The molecule has 0 aliphatic heterocycles. The van der Waals surface area contributed by atoms with Crippen LogP contribution in [-0.4, -0.2) is 50.9 Å².